The molecule has 3 aromatic carbocycles. The van der Waals surface area contributed by atoms with Crippen molar-refractivity contribution in [2.24, 2.45) is 0 Å². The van der Waals surface area contributed by atoms with Crippen molar-refractivity contribution in [1.29, 1.82) is 0 Å². The van der Waals surface area contributed by atoms with Gasteiger partial charge in [-0.15, -0.1) is 0 Å². The van der Waals surface area contributed by atoms with E-state index >= 15 is 0 Å². The van der Waals surface area contributed by atoms with Crippen molar-refractivity contribution in [2.75, 3.05) is 5.32 Å². The van der Waals surface area contributed by atoms with Crippen LogP contribution >= 0.6 is 0 Å². The molecule has 2 heteroatoms. The van der Waals surface area contributed by atoms with Gasteiger partial charge in [0.15, 0.2) is 0 Å². The largest absolute Gasteiger partial charge is 0.326 e. The smallest absolute Gasteiger partial charge is 0.225 e. The van der Waals surface area contributed by atoms with Gasteiger partial charge in [-0.3, -0.25) is 4.79 Å². The number of rotatable bonds is 5. The summed E-state index contributed by atoms with van der Waals surface area (Å²) in [6.07, 6.45) is 0.419. The van der Waals surface area contributed by atoms with Crippen LogP contribution in [0.5, 0.6) is 0 Å². The molecule has 0 aliphatic heterocycles. The molecule has 120 valence electrons. The number of amides is 1. The first-order valence-electron chi connectivity index (χ1n) is 8.19. The topological polar surface area (TPSA) is 29.1 Å². The van der Waals surface area contributed by atoms with Crippen LogP contribution in [0.1, 0.15) is 29.0 Å². The van der Waals surface area contributed by atoms with Crippen molar-refractivity contribution in [3.63, 3.8) is 0 Å². The van der Waals surface area contributed by atoms with Gasteiger partial charge in [0.05, 0.1) is 0 Å². The van der Waals surface area contributed by atoms with Gasteiger partial charge < -0.3 is 5.32 Å². The number of para-hydroxylation sites is 1. The summed E-state index contributed by atoms with van der Waals surface area (Å²) in [5, 5.41) is 2.98. The molecule has 1 amide bonds. The fraction of sp³-hybridized carbons (Fsp3) is 0.136. The lowest BCUT2D eigenvalue weighted by atomic mass is 9.88. The lowest BCUT2D eigenvalue weighted by Crippen LogP contribution is -2.16. The molecule has 0 fully saturated rings. The number of carbonyl (C=O) groups is 1. The quantitative estimate of drug-likeness (QED) is 0.692. The molecule has 3 aromatic rings. The van der Waals surface area contributed by atoms with E-state index in [9.17, 15) is 4.79 Å². The van der Waals surface area contributed by atoms with Crippen LogP contribution in [0.2, 0.25) is 0 Å². The average Bonchev–Trinajstić information content (AvgIpc) is 2.62. The van der Waals surface area contributed by atoms with E-state index in [4.69, 9.17) is 0 Å². The Kier molecular flexibility index (Phi) is 5.07. The number of carbonyl (C=O) groups excluding carboxylic acids is 1. The second-order valence-electron chi connectivity index (χ2n) is 5.99. The average molecular weight is 315 g/mol. The molecular weight excluding hydrogens is 294 g/mol. The van der Waals surface area contributed by atoms with Gasteiger partial charge in [0, 0.05) is 18.0 Å². The van der Waals surface area contributed by atoms with E-state index < -0.39 is 0 Å². The lowest BCUT2D eigenvalue weighted by molar-refractivity contribution is -0.116. The first-order valence-corrected chi connectivity index (χ1v) is 8.19. The van der Waals surface area contributed by atoms with Crippen molar-refractivity contribution in [3.05, 3.63) is 102 Å². The second kappa shape index (κ2) is 7.60. The van der Waals surface area contributed by atoms with Gasteiger partial charge >= 0.3 is 0 Å². The Hall–Kier alpha value is -2.87. The Morgan fingerprint density at radius 1 is 0.792 bits per heavy atom. The van der Waals surface area contributed by atoms with E-state index in [2.05, 4.69) is 48.6 Å². The van der Waals surface area contributed by atoms with E-state index in [1.807, 2.05) is 48.5 Å². The van der Waals surface area contributed by atoms with Gasteiger partial charge in [-0.05, 0) is 30.2 Å². The van der Waals surface area contributed by atoms with Crippen LogP contribution in [-0.2, 0) is 4.79 Å². The zero-order chi connectivity index (χ0) is 16.8. The van der Waals surface area contributed by atoms with E-state index in [0.29, 0.717) is 6.42 Å². The highest BCUT2D eigenvalue weighted by molar-refractivity contribution is 5.91. The third-order valence-corrected chi connectivity index (χ3v) is 4.13. The number of hydrogen-bond acceptors (Lipinski definition) is 1. The van der Waals surface area contributed by atoms with Crippen molar-refractivity contribution in [1.82, 2.24) is 0 Å². The fourth-order valence-electron chi connectivity index (χ4n) is 2.83. The highest BCUT2D eigenvalue weighted by atomic mass is 16.1. The highest BCUT2D eigenvalue weighted by Crippen LogP contribution is 2.28. The van der Waals surface area contributed by atoms with Crippen molar-refractivity contribution in [2.45, 2.75) is 19.3 Å². The van der Waals surface area contributed by atoms with E-state index in [-0.39, 0.29) is 11.8 Å². The molecule has 1 N–H and O–H groups in total. The van der Waals surface area contributed by atoms with E-state index in [1.165, 1.54) is 5.56 Å². The number of benzene rings is 3. The van der Waals surface area contributed by atoms with E-state index in [1.54, 1.807) is 0 Å². The molecule has 1 unspecified atom stereocenters. The maximum atomic E-state index is 12.5. The molecule has 0 spiro atoms. The van der Waals surface area contributed by atoms with Crippen LogP contribution in [0.3, 0.4) is 0 Å². The van der Waals surface area contributed by atoms with E-state index in [0.717, 1.165) is 16.8 Å². The normalized spacial score (nSPS) is 11.7. The molecule has 0 bridgehead atoms. The van der Waals surface area contributed by atoms with Crippen LogP contribution in [0.25, 0.3) is 0 Å². The van der Waals surface area contributed by atoms with Gasteiger partial charge in [0.2, 0.25) is 5.91 Å². The maximum absolute atomic E-state index is 12.5. The Morgan fingerprint density at radius 3 is 1.96 bits per heavy atom. The van der Waals surface area contributed by atoms with Crippen molar-refractivity contribution < 1.29 is 4.79 Å². The summed E-state index contributed by atoms with van der Waals surface area (Å²) in [5.41, 5.74) is 4.37. The monoisotopic (exact) mass is 315 g/mol. The molecular formula is C22H21NO. The highest BCUT2D eigenvalue weighted by Gasteiger charge is 2.18. The lowest BCUT2D eigenvalue weighted by Gasteiger charge is -2.18. The molecule has 1 atom stereocenters. The van der Waals surface area contributed by atoms with Gasteiger partial charge in [-0.1, -0.05) is 78.4 Å². The van der Waals surface area contributed by atoms with Crippen LogP contribution < -0.4 is 5.32 Å². The van der Waals surface area contributed by atoms with Gasteiger partial charge in [-0.25, -0.2) is 0 Å². The zero-order valence-electron chi connectivity index (χ0n) is 13.8. The minimum Gasteiger partial charge on any atom is -0.326 e. The number of aryl methyl sites for hydroxylation is 1. The Labute approximate surface area is 143 Å². The molecule has 0 radical (unpaired) electrons. The van der Waals surface area contributed by atoms with Crippen molar-refractivity contribution in [3.8, 4) is 0 Å². The summed E-state index contributed by atoms with van der Waals surface area (Å²) >= 11 is 0. The summed E-state index contributed by atoms with van der Waals surface area (Å²) in [6.45, 7) is 2.07. The Morgan fingerprint density at radius 2 is 1.33 bits per heavy atom. The second-order valence-corrected chi connectivity index (χ2v) is 5.99. The van der Waals surface area contributed by atoms with Gasteiger partial charge in [0.25, 0.3) is 0 Å². The van der Waals surface area contributed by atoms with Crippen LogP contribution in [-0.4, -0.2) is 5.91 Å². The third kappa shape index (κ3) is 4.11. The zero-order valence-corrected chi connectivity index (χ0v) is 13.8. The number of hydrogen-bond donors (Lipinski definition) is 1. The van der Waals surface area contributed by atoms with Gasteiger partial charge in [0.1, 0.15) is 0 Å². The predicted molar refractivity (Wildman–Crippen MR) is 99.2 cm³/mol. The maximum Gasteiger partial charge on any atom is 0.225 e. The standard InChI is InChI=1S/C22H21NO/c1-17-12-14-19(15-13-17)21(18-8-4-2-5-9-18)16-22(24)23-20-10-6-3-7-11-20/h2-15,21H,16H2,1H3,(H,23,24). The first-order chi connectivity index (χ1) is 11.7. The van der Waals surface area contributed by atoms with Crippen molar-refractivity contribution >= 4 is 11.6 Å². The molecule has 0 aliphatic rings. The SMILES string of the molecule is Cc1ccc(C(CC(=O)Nc2ccccc2)c2ccccc2)cc1. The summed E-state index contributed by atoms with van der Waals surface area (Å²) in [5.74, 6) is 0.0751. The summed E-state index contributed by atoms with van der Waals surface area (Å²) in [6, 6.07) is 28.2. The minimum absolute atomic E-state index is 0.0237. The molecule has 0 heterocycles. The Bertz CT molecular complexity index is 779. The predicted octanol–water partition coefficient (Wildman–Crippen LogP) is 5.16. The van der Waals surface area contributed by atoms with Crippen LogP contribution in [0.15, 0.2) is 84.9 Å². The first kappa shape index (κ1) is 16.0. The molecule has 0 aliphatic carbocycles. The molecule has 3 rings (SSSR count). The van der Waals surface area contributed by atoms with Crippen LogP contribution in [0.4, 0.5) is 5.69 Å². The molecule has 0 saturated heterocycles. The van der Waals surface area contributed by atoms with Crippen LogP contribution in [0, 0.1) is 6.92 Å². The molecule has 0 saturated carbocycles. The Balaban J connectivity index is 1.82. The van der Waals surface area contributed by atoms with Gasteiger partial charge in [-0.2, -0.15) is 0 Å². The molecule has 24 heavy (non-hydrogen) atoms. The summed E-state index contributed by atoms with van der Waals surface area (Å²) < 4.78 is 0. The number of nitrogens with one attached hydrogen (secondary N) is 1. The summed E-state index contributed by atoms with van der Waals surface area (Å²) in [4.78, 5) is 12.5. The minimum atomic E-state index is 0.0237. The molecule has 0 aromatic heterocycles. The molecule has 2 nitrogen and oxygen atoms in total. The fourth-order valence-corrected chi connectivity index (χ4v) is 2.83. The number of anilines is 1. The summed E-state index contributed by atoms with van der Waals surface area (Å²) in [7, 11) is 0. The third-order valence-electron chi connectivity index (χ3n) is 4.13.